The van der Waals surface area contributed by atoms with Crippen molar-refractivity contribution in [3.8, 4) is 5.75 Å². The molecule has 0 spiro atoms. The lowest BCUT2D eigenvalue weighted by atomic mass is 9.99. The number of carbonyl (C=O) groups excluding carboxylic acids is 1. The average molecular weight is 320 g/mol. The summed E-state index contributed by atoms with van der Waals surface area (Å²) in [5.74, 6) is 1.19. The quantitative estimate of drug-likeness (QED) is 0.723. The van der Waals surface area contributed by atoms with Crippen LogP contribution in [0.1, 0.15) is 38.2 Å². The third-order valence-electron chi connectivity index (χ3n) is 4.60. The summed E-state index contributed by atoms with van der Waals surface area (Å²) in [6.45, 7) is 2.74. The number of hydrogen-bond donors (Lipinski definition) is 3. The zero-order chi connectivity index (χ0) is 16.7. The molecule has 0 radical (unpaired) electrons. The molecule has 1 aliphatic rings. The van der Waals surface area contributed by atoms with Crippen LogP contribution in [0.2, 0.25) is 0 Å². The zero-order valence-corrected chi connectivity index (χ0v) is 14.1. The van der Waals surface area contributed by atoms with E-state index in [4.69, 9.17) is 4.74 Å². The van der Waals surface area contributed by atoms with Crippen LogP contribution in [0.25, 0.3) is 0 Å². The molecule has 5 nitrogen and oxygen atoms in total. The van der Waals surface area contributed by atoms with Crippen LogP contribution in [0.4, 0.5) is 4.79 Å². The fraction of sp³-hybridized carbons (Fsp3) is 0.611. The molecule has 0 saturated heterocycles. The van der Waals surface area contributed by atoms with E-state index < -0.39 is 5.54 Å². The van der Waals surface area contributed by atoms with Crippen molar-refractivity contribution in [3.05, 3.63) is 29.8 Å². The SMILES string of the molecule is COc1ccc(CC(C)CNC(=O)NC2(CO)CCCC2)cc1. The highest BCUT2D eigenvalue weighted by Crippen LogP contribution is 2.28. The number of hydrogen-bond acceptors (Lipinski definition) is 3. The Labute approximate surface area is 138 Å². The summed E-state index contributed by atoms with van der Waals surface area (Å²) in [5.41, 5.74) is 0.812. The first-order chi connectivity index (χ1) is 11.1. The number of aliphatic hydroxyl groups excluding tert-OH is 1. The summed E-state index contributed by atoms with van der Waals surface area (Å²) in [4.78, 5) is 12.1. The van der Waals surface area contributed by atoms with E-state index in [1.807, 2.05) is 12.1 Å². The number of benzene rings is 1. The molecule has 5 heteroatoms. The number of carbonyl (C=O) groups is 1. The van der Waals surface area contributed by atoms with Crippen molar-refractivity contribution < 1.29 is 14.6 Å². The Bertz CT molecular complexity index is 495. The van der Waals surface area contributed by atoms with Gasteiger partial charge in [-0.2, -0.15) is 0 Å². The first-order valence-corrected chi connectivity index (χ1v) is 8.37. The smallest absolute Gasteiger partial charge is 0.315 e. The van der Waals surface area contributed by atoms with Gasteiger partial charge in [-0.1, -0.05) is 31.9 Å². The standard InChI is InChI=1S/C18H28N2O3/c1-14(11-15-5-7-16(23-2)8-6-15)12-19-17(22)20-18(13-21)9-3-4-10-18/h5-8,14,21H,3-4,9-13H2,1-2H3,(H2,19,20,22). The maximum Gasteiger partial charge on any atom is 0.315 e. The molecule has 1 aromatic carbocycles. The van der Waals surface area contributed by atoms with E-state index in [1.165, 1.54) is 5.56 Å². The summed E-state index contributed by atoms with van der Waals surface area (Å²) in [5, 5.41) is 15.4. The van der Waals surface area contributed by atoms with Gasteiger partial charge in [0.1, 0.15) is 5.75 Å². The van der Waals surface area contributed by atoms with Crippen molar-refractivity contribution in [3.63, 3.8) is 0 Å². The van der Waals surface area contributed by atoms with Crippen LogP contribution in [0.15, 0.2) is 24.3 Å². The van der Waals surface area contributed by atoms with Gasteiger partial charge in [0.05, 0.1) is 19.3 Å². The summed E-state index contributed by atoms with van der Waals surface area (Å²) in [7, 11) is 1.66. The van der Waals surface area contributed by atoms with Gasteiger partial charge in [-0.25, -0.2) is 4.79 Å². The second-order valence-electron chi connectivity index (χ2n) is 6.64. The number of methoxy groups -OCH3 is 1. The van der Waals surface area contributed by atoms with Gasteiger partial charge in [-0.05, 0) is 42.9 Å². The number of amides is 2. The van der Waals surface area contributed by atoms with Crippen molar-refractivity contribution in [2.24, 2.45) is 5.92 Å². The average Bonchev–Trinajstić information content (AvgIpc) is 3.03. The Kier molecular flexibility index (Phi) is 6.28. The number of ether oxygens (including phenoxy) is 1. The molecule has 3 N–H and O–H groups in total. The number of nitrogens with one attached hydrogen (secondary N) is 2. The zero-order valence-electron chi connectivity index (χ0n) is 14.1. The molecule has 1 fully saturated rings. The van der Waals surface area contributed by atoms with E-state index in [0.29, 0.717) is 12.5 Å². The Morgan fingerprint density at radius 2 is 1.96 bits per heavy atom. The van der Waals surface area contributed by atoms with Gasteiger partial charge in [0.15, 0.2) is 0 Å². The van der Waals surface area contributed by atoms with Crippen LogP contribution in [0.5, 0.6) is 5.75 Å². The molecule has 0 aromatic heterocycles. The third kappa shape index (κ3) is 5.13. The molecule has 0 aliphatic heterocycles. The highest BCUT2D eigenvalue weighted by molar-refractivity contribution is 5.74. The first kappa shape index (κ1) is 17.6. The summed E-state index contributed by atoms with van der Waals surface area (Å²) < 4.78 is 5.15. The Balaban J connectivity index is 1.74. The minimum absolute atomic E-state index is 0.0157. The van der Waals surface area contributed by atoms with E-state index in [0.717, 1.165) is 37.9 Å². The van der Waals surface area contributed by atoms with Crippen LogP contribution < -0.4 is 15.4 Å². The van der Waals surface area contributed by atoms with E-state index in [9.17, 15) is 9.90 Å². The lowest BCUT2D eigenvalue weighted by Crippen LogP contribution is -2.53. The van der Waals surface area contributed by atoms with Gasteiger partial charge in [-0.15, -0.1) is 0 Å². The number of aliphatic hydroxyl groups is 1. The summed E-state index contributed by atoms with van der Waals surface area (Å²) in [6, 6.07) is 7.83. The summed E-state index contributed by atoms with van der Waals surface area (Å²) >= 11 is 0. The van der Waals surface area contributed by atoms with Crippen molar-refractivity contribution in [2.45, 2.75) is 44.6 Å². The molecular formula is C18H28N2O3. The summed E-state index contributed by atoms with van der Waals surface area (Å²) in [6.07, 6.45) is 4.75. The first-order valence-electron chi connectivity index (χ1n) is 8.37. The highest BCUT2D eigenvalue weighted by Gasteiger charge is 2.34. The lowest BCUT2D eigenvalue weighted by molar-refractivity contribution is 0.162. The van der Waals surface area contributed by atoms with Gasteiger partial charge in [0.25, 0.3) is 0 Å². The maximum atomic E-state index is 12.1. The van der Waals surface area contributed by atoms with Crippen molar-refractivity contribution in [1.82, 2.24) is 10.6 Å². The van der Waals surface area contributed by atoms with Crippen LogP contribution >= 0.6 is 0 Å². The van der Waals surface area contributed by atoms with Crippen molar-refractivity contribution in [1.29, 1.82) is 0 Å². The monoisotopic (exact) mass is 320 g/mol. The molecule has 1 unspecified atom stereocenters. The lowest BCUT2D eigenvalue weighted by Gasteiger charge is -2.28. The second kappa shape index (κ2) is 8.20. The maximum absolute atomic E-state index is 12.1. The van der Waals surface area contributed by atoms with E-state index in [-0.39, 0.29) is 12.6 Å². The fourth-order valence-electron chi connectivity index (χ4n) is 3.16. The second-order valence-corrected chi connectivity index (χ2v) is 6.64. The molecule has 0 bridgehead atoms. The Morgan fingerprint density at radius 3 is 2.52 bits per heavy atom. The Hall–Kier alpha value is -1.75. The Morgan fingerprint density at radius 1 is 1.30 bits per heavy atom. The predicted molar refractivity (Wildman–Crippen MR) is 90.7 cm³/mol. The van der Waals surface area contributed by atoms with E-state index in [2.05, 4.69) is 29.7 Å². The molecule has 1 saturated carbocycles. The van der Waals surface area contributed by atoms with Gasteiger partial charge < -0.3 is 20.5 Å². The van der Waals surface area contributed by atoms with E-state index in [1.54, 1.807) is 7.11 Å². The molecule has 2 rings (SSSR count). The van der Waals surface area contributed by atoms with Gasteiger partial charge >= 0.3 is 6.03 Å². The molecular weight excluding hydrogens is 292 g/mol. The number of urea groups is 1. The molecule has 23 heavy (non-hydrogen) atoms. The van der Waals surface area contributed by atoms with Gasteiger partial charge in [0, 0.05) is 6.54 Å². The molecule has 1 aliphatic carbocycles. The van der Waals surface area contributed by atoms with Crippen molar-refractivity contribution in [2.75, 3.05) is 20.3 Å². The highest BCUT2D eigenvalue weighted by atomic mass is 16.5. The fourth-order valence-corrected chi connectivity index (χ4v) is 3.16. The van der Waals surface area contributed by atoms with E-state index >= 15 is 0 Å². The molecule has 0 heterocycles. The van der Waals surface area contributed by atoms with Crippen LogP contribution in [-0.4, -0.2) is 36.9 Å². The molecule has 128 valence electrons. The molecule has 1 aromatic rings. The number of rotatable bonds is 7. The minimum Gasteiger partial charge on any atom is -0.497 e. The van der Waals surface area contributed by atoms with Crippen LogP contribution in [-0.2, 0) is 6.42 Å². The van der Waals surface area contributed by atoms with Crippen molar-refractivity contribution >= 4 is 6.03 Å². The third-order valence-corrected chi connectivity index (χ3v) is 4.60. The topological polar surface area (TPSA) is 70.6 Å². The largest absolute Gasteiger partial charge is 0.497 e. The predicted octanol–water partition coefficient (Wildman–Crippen LogP) is 2.48. The molecule has 1 atom stereocenters. The van der Waals surface area contributed by atoms with Crippen LogP contribution in [0.3, 0.4) is 0 Å². The molecule has 2 amide bonds. The van der Waals surface area contributed by atoms with Crippen LogP contribution in [0, 0.1) is 5.92 Å². The van der Waals surface area contributed by atoms with Gasteiger partial charge in [-0.3, -0.25) is 0 Å². The normalized spacial score (nSPS) is 17.5. The minimum atomic E-state index is -0.413. The van der Waals surface area contributed by atoms with Gasteiger partial charge in [0.2, 0.25) is 0 Å².